The van der Waals surface area contributed by atoms with Crippen LogP contribution in [0.2, 0.25) is 0 Å². The van der Waals surface area contributed by atoms with Crippen LogP contribution in [-0.2, 0) is 9.53 Å². The van der Waals surface area contributed by atoms with Crippen LogP contribution in [0.15, 0.2) is 42.9 Å². The third kappa shape index (κ3) is 3.51. The minimum absolute atomic E-state index is 0.324. The van der Waals surface area contributed by atoms with Gasteiger partial charge in [-0.3, -0.25) is 9.88 Å². The molecule has 126 valence electrons. The number of rotatable bonds is 4. The summed E-state index contributed by atoms with van der Waals surface area (Å²) >= 11 is 0. The summed E-state index contributed by atoms with van der Waals surface area (Å²) in [7, 11) is 1.37. The second kappa shape index (κ2) is 7.35. The largest absolute Gasteiger partial charge is 0.468 e. The fourth-order valence-electron chi connectivity index (χ4n) is 2.92. The zero-order valence-corrected chi connectivity index (χ0v) is 13.4. The Balaban J connectivity index is 1.73. The summed E-state index contributed by atoms with van der Waals surface area (Å²) in [6.07, 6.45) is 5.03. The molecular weight excluding hydrogens is 311 g/mol. The van der Waals surface area contributed by atoms with Gasteiger partial charge in [-0.1, -0.05) is 12.1 Å². The molecule has 0 aliphatic carbocycles. The minimum atomic E-state index is -0.528. The van der Waals surface area contributed by atoms with E-state index in [1.807, 2.05) is 4.90 Å². The van der Waals surface area contributed by atoms with Gasteiger partial charge in [0.25, 0.3) is 0 Å². The average Bonchev–Trinajstić information content (AvgIpc) is 2.64. The van der Waals surface area contributed by atoms with Crippen LogP contribution in [0.25, 0.3) is 0 Å². The van der Waals surface area contributed by atoms with E-state index in [-0.39, 0.29) is 11.8 Å². The van der Waals surface area contributed by atoms with Crippen LogP contribution >= 0.6 is 0 Å². The van der Waals surface area contributed by atoms with Gasteiger partial charge in [0, 0.05) is 38.6 Å². The van der Waals surface area contributed by atoms with Crippen LogP contribution in [0.3, 0.4) is 0 Å². The van der Waals surface area contributed by atoms with Gasteiger partial charge in [-0.05, 0) is 17.7 Å². The maximum Gasteiger partial charge on any atom is 0.327 e. The molecule has 24 heavy (non-hydrogen) atoms. The highest BCUT2D eigenvalue weighted by Gasteiger charge is 2.31. The molecular formula is C17H19FN4O2. The first-order valence-electron chi connectivity index (χ1n) is 7.77. The minimum Gasteiger partial charge on any atom is -0.468 e. The molecule has 0 amide bonds. The summed E-state index contributed by atoms with van der Waals surface area (Å²) in [5, 5.41) is 0. The van der Waals surface area contributed by atoms with E-state index in [4.69, 9.17) is 4.74 Å². The standard InChI is InChI=1S/C17H19FN4O2/c1-24-17(23)16(13-2-4-14(18)5-3-13)22-10-8-21(9-11-22)15-12-19-6-7-20-15/h2-7,12,16H,8-11H2,1H3/t16-/m0/s1. The van der Waals surface area contributed by atoms with Crippen molar-refractivity contribution in [2.45, 2.75) is 6.04 Å². The van der Waals surface area contributed by atoms with Gasteiger partial charge in [-0.2, -0.15) is 0 Å². The molecule has 0 saturated carbocycles. The maximum atomic E-state index is 13.2. The second-order valence-electron chi connectivity index (χ2n) is 5.56. The van der Waals surface area contributed by atoms with Crippen LogP contribution in [0.5, 0.6) is 0 Å². The molecule has 0 radical (unpaired) electrons. The van der Waals surface area contributed by atoms with Gasteiger partial charge in [0.1, 0.15) is 17.7 Å². The summed E-state index contributed by atoms with van der Waals surface area (Å²) in [6, 6.07) is 5.46. The molecule has 1 aliphatic heterocycles. The molecule has 1 fully saturated rings. The average molecular weight is 330 g/mol. The molecule has 0 spiro atoms. The van der Waals surface area contributed by atoms with Crippen molar-refractivity contribution in [2.75, 3.05) is 38.2 Å². The van der Waals surface area contributed by atoms with Crippen molar-refractivity contribution in [2.24, 2.45) is 0 Å². The molecule has 7 heteroatoms. The Labute approximate surface area is 139 Å². The van der Waals surface area contributed by atoms with Gasteiger partial charge in [0.05, 0.1) is 13.3 Å². The highest BCUT2D eigenvalue weighted by Crippen LogP contribution is 2.25. The summed E-state index contributed by atoms with van der Waals surface area (Å²) in [6.45, 7) is 2.81. The summed E-state index contributed by atoms with van der Waals surface area (Å²) in [5.74, 6) is 0.165. The highest BCUT2D eigenvalue weighted by molar-refractivity contribution is 5.77. The van der Waals surface area contributed by atoms with Crippen LogP contribution in [0.4, 0.5) is 10.2 Å². The zero-order chi connectivity index (χ0) is 16.9. The Bertz CT molecular complexity index is 673. The van der Waals surface area contributed by atoms with E-state index < -0.39 is 6.04 Å². The van der Waals surface area contributed by atoms with Gasteiger partial charge in [0.2, 0.25) is 0 Å². The number of aromatic nitrogens is 2. The van der Waals surface area contributed by atoms with Crippen LogP contribution in [0, 0.1) is 5.82 Å². The first-order valence-corrected chi connectivity index (χ1v) is 7.77. The Morgan fingerprint density at radius 3 is 2.46 bits per heavy atom. The van der Waals surface area contributed by atoms with Crippen molar-refractivity contribution in [1.29, 1.82) is 0 Å². The first-order chi connectivity index (χ1) is 11.7. The molecule has 1 atom stereocenters. The molecule has 1 aromatic heterocycles. The third-order valence-electron chi connectivity index (χ3n) is 4.16. The molecule has 2 heterocycles. The normalized spacial score (nSPS) is 16.7. The first kappa shape index (κ1) is 16.3. The number of benzene rings is 1. The highest BCUT2D eigenvalue weighted by atomic mass is 19.1. The monoisotopic (exact) mass is 330 g/mol. The number of methoxy groups -OCH3 is 1. The molecule has 2 aromatic rings. The van der Waals surface area contributed by atoms with Gasteiger partial charge < -0.3 is 9.64 Å². The van der Waals surface area contributed by atoms with E-state index in [0.717, 1.165) is 24.5 Å². The van der Waals surface area contributed by atoms with E-state index in [2.05, 4.69) is 14.9 Å². The van der Waals surface area contributed by atoms with Gasteiger partial charge >= 0.3 is 5.97 Å². The van der Waals surface area contributed by atoms with Crippen molar-refractivity contribution in [3.8, 4) is 0 Å². The number of hydrogen-bond acceptors (Lipinski definition) is 6. The number of carbonyl (C=O) groups excluding carboxylic acids is 1. The lowest BCUT2D eigenvalue weighted by Crippen LogP contribution is -2.49. The van der Waals surface area contributed by atoms with Crippen LogP contribution in [0.1, 0.15) is 11.6 Å². The predicted octanol–water partition coefficient (Wildman–Crippen LogP) is 1.65. The molecule has 1 aromatic carbocycles. The number of hydrogen-bond donors (Lipinski definition) is 0. The molecule has 0 N–H and O–H groups in total. The van der Waals surface area contributed by atoms with Gasteiger partial charge in [0.15, 0.2) is 0 Å². The van der Waals surface area contributed by atoms with Crippen molar-refractivity contribution >= 4 is 11.8 Å². The summed E-state index contributed by atoms with van der Waals surface area (Å²) < 4.78 is 18.1. The van der Waals surface area contributed by atoms with Gasteiger partial charge in [-0.15, -0.1) is 0 Å². The number of anilines is 1. The molecule has 0 bridgehead atoms. The number of halogens is 1. The van der Waals surface area contributed by atoms with Crippen molar-refractivity contribution < 1.29 is 13.9 Å². The number of carbonyl (C=O) groups is 1. The molecule has 1 saturated heterocycles. The SMILES string of the molecule is COC(=O)[C@H](c1ccc(F)cc1)N1CCN(c2cnccn2)CC1. The summed E-state index contributed by atoms with van der Waals surface area (Å²) in [4.78, 5) is 24.8. The Morgan fingerprint density at radius 2 is 1.88 bits per heavy atom. The van der Waals surface area contributed by atoms with Crippen LogP contribution in [-0.4, -0.2) is 54.1 Å². The van der Waals surface area contributed by atoms with E-state index in [1.165, 1.54) is 19.2 Å². The second-order valence-corrected chi connectivity index (χ2v) is 5.56. The van der Waals surface area contributed by atoms with Crippen LogP contribution < -0.4 is 4.90 Å². The van der Waals surface area contributed by atoms with E-state index in [0.29, 0.717) is 13.1 Å². The number of piperazine rings is 1. The predicted molar refractivity (Wildman–Crippen MR) is 87.0 cm³/mol. The lowest BCUT2D eigenvalue weighted by Gasteiger charge is -2.38. The topological polar surface area (TPSA) is 58.6 Å². The summed E-state index contributed by atoms with van der Waals surface area (Å²) in [5.41, 5.74) is 0.733. The molecule has 6 nitrogen and oxygen atoms in total. The Hall–Kier alpha value is -2.54. The molecule has 1 aliphatic rings. The quantitative estimate of drug-likeness (QED) is 0.795. The van der Waals surface area contributed by atoms with Crippen molar-refractivity contribution in [3.05, 3.63) is 54.2 Å². The van der Waals surface area contributed by atoms with Gasteiger partial charge in [-0.25, -0.2) is 14.2 Å². The third-order valence-corrected chi connectivity index (χ3v) is 4.16. The smallest absolute Gasteiger partial charge is 0.327 e. The number of ether oxygens (including phenoxy) is 1. The van der Waals surface area contributed by atoms with E-state index in [9.17, 15) is 9.18 Å². The lowest BCUT2D eigenvalue weighted by molar-refractivity contribution is -0.147. The van der Waals surface area contributed by atoms with E-state index in [1.54, 1.807) is 30.7 Å². The maximum absolute atomic E-state index is 13.2. The molecule has 3 rings (SSSR count). The molecule has 0 unspecified atom stereocenters. The fraction of sp³-hybridized carbons (Fsp3) is 0.353. The Kier molecular flexibility index (Phi) is 5.00. The van der Waals surface area contributed by atoms with Crippen molar-refractivity contribution in [3.63, 3.8) is 0 Å². The Morgan fingerprint density at radius 1 is 1.17 bits per heavy atom. The zero-order valence-electron chi connectivity index (χ0n) is 13.4. The lowest BCUT2D eigenvalue weighted by atomic mass is 10.0. The number of nitrogens with zero attached hydrogens (tertiary/aromatic N) is 4. The fourth-order valence-corrected chi connectivity index (χ4v) is 2.92. The van der Waals surface area contributed by atoms with Crippen molar-refractivity contribution in [1.82, 2.24) is 14.9 Å². The number of esters is 1. The van der Waals surface area contributed by atoms with E-state index >= 15 is 0 Å².